The Morgan fingerprint density at radius 3 is 2.50 bits per heavy atom. The fourth-order valence-electron chi connectivity index (χ4n) is 2.99. The van der Waals surface area contributed by atoms with Gasteiger partial charge >= 0.3 is 0 Å². The Hall–Kier alpha value is -0.0900. The van der Waals surface area contributed by atoms with E-state index in [-0.39, 0.29) is 16.3 Å². The molecule has 0 aromatic carbocycles. The van der Waals surface area contributed by atoms with E-state index >= 15 is 0 Å². The number of nitrogens with zero attached hydrogens (tertiary/aromatic N) is 2. The number of amides is 1. The quantitative estimate of drug-likeness (QED) is 0.740. The number of likely N-dealkylation sites (N-methyl/N-ethyl adjacent to an activating group) is 1. The maximum Gasteiger partial charge on any atom is 0.236 e. The molecule has 2 aliphatic rings. The van der Waals surface area contributed by atoms with E-state index in [1.54, 1.807) is 0 Å². The first-order valence-corrected chi connectivity index (χ1v) is 7.07. The Labute approximate surface area is 106 Å². The largest absolute Gasteiger partial charge is 0.340 e. The van der Waals surface area contributed by atoms with Crippen LogP contribution in [0, 0.1) is 0 Å². The van der Waals surface area contributed by atoms with Crippen molar-refractivity contribution in [3.63, 3.8) is 0 Å². The second-order valence-corrected chi connectivity index (χ2v) is 6.45. The first kappa shape index (κ1) is 12.4. The maximum atomic E-state index is 11.9. The van der Waals surface area contributed by atoms with Crippen molar-refractivity contribution in [3.8, 4) is 0 Å². The second kappa shape index (κ2) is 4.65. The highest BCUT2D eigenvalue weighted by molar-refractivity contribution is 9.10. The number of carbonyl (C=O) groups is 1. The molecule has 1 amide bonds. The molecule has 2 rings (SSSR count). The van der Waals surface area contributed by atoms with Crippen LogP contribution in [0.4, 0.5) is 0 Å². The molecule has 4 heteroatoms. The van der Waals surface area contributed by atoms with Gasteiger partial charge in [-0.1, -0.05) is 28.8 Å². The SMILES string of the molecule is CN(C)C1(CN2CCC(Br)C2=O)CCCC1. The van der Waals surface area contributed by atoms with Crippen LogP contribution < -0.4 is 0 Å². The smallest absolute Gasteiger partial charge is 0.236 e. The van der Waals surface area contributed by atoms with Gasteiger partial charge in [0, 0.05) is 18.6 Å². The van der Waals surface area contributed by atoms with Crippen molar-refractivity contribution in [1.82, 2.24) is 9.80 Å². The zero-order chi connectivity index (χ0) is 11.8. The lowest BCUT2D eigenvalue weighted by Crippen LogP contribution is -2.51. The molecule has 1 heterocycles. The molecule has 3 nitrogen and oxygen atoms in total. The molecule has 1 aliphatic carbocycles. The monoisotopic (exact) mass is 288 g/mol. The Balaban J connectivity index is 2.04. The van der Waals surface area contributed by atoms with Crippen LogP contribution in [0.2, 0.25) is 0 Å². The Kier molecular flexibility index (Phi) is 3.59. The fraction of sp³-hybridized carbons (Fsp3) is 0.917. The van der Waals surface area contributed by atoms with Gasteiger partial charge in [0.1, 0.15) is 0 Å². The third-order valence-corrected chi connectivity index (χ3v) is 5.05. The van der Waals surface area contributed by atoms with Gasteiger partial charge in [-0.3, -0.25) is 4.79 Å². The molecule has 0 bridgehead atoms. The molecule has 92 valence electrons. The first-order chi connectivity index (χ1) is 7.55. The fourth-order valence-corrected chi connectivity index (χ4v) is 3.49. The molecule has 0 aromatic rings. The molecule has 1 unspecified atom stereocenters. The van der Waals surface area contributed by atoms with Gasteiger partial charge in [-0.25, -0.2) is 0 Å². The van der Waals surface area contributed by atoms with E-state index in [1.165, 1.54) is 25.7 Å². The second-order valence-electron chi connectivity index (χ2n) is 5.34. The van der Waals surface area contributed by atoms with E-state index in [9.17, 15) is 4.79 Å². The van der Waals surface area contributed by atoms with Crippen LogP contribution in [0.5, 0.6) is 0 Å². The van der Waals surface area contributed by atoms with Crippen LogP contribution in [-0.2, 0) is 4.79 Å². The molecular formula is C12H21BrN2O. The van der Waals surface area contributed by atoms with Crippen molar-refractivity contribution in [1.29, 1.82) is 0 Å². The van der Waals surface area contributed by atoms with Gasteiger partial charge in [-0.05, 0) is 33.4 Å². The van der Waals surface area contributed by atoms with Crippen LogP contribution in [0.25, 0.3) is 0 Å². The summed E-state index contributed by atoms with van der Waals surface area (Å²) in [6.07, 6.45) is 6.03. The minimum absolute atomic E-state index is 0.0631. The minimum Gasteiger partial charge on any atom is -0.340 e. The van der Waals surface area contributed by atoms with Crippen molar-refractivity contribution in [3.05, 3.63) is 0 Å². The first-order valence-electron chi connectivity index (χ1n) is 6.15. The maximum absolute atomic E-state index is 11.9. The molecule has 1 aliphatic heterocycles. The van der Waals surface area contributed by atoms with Crippen LogP contribution in [0.15, 0.2) is 0 Å². The molecule has 1 saturated carbocycles. The molecule has 1 saturated heterocycles. The highest BCUT2D eigenvalue weighted by Crippen LogP contribution is 2.35. The van der Waals surface area contributed by atoms with E-state index in [4.69, 9.17) is 0 Å². The van der Waals surface area contributed by atoms with Crippen molar-refractivity contribution in [2.75, 3.05) is 27.2 Å². The normalized spacial score (nSPS) is 29.4. The van der Waals surface area contributed by atoms with Crippen molar-refractivity contribution >= 4 is 21.8 Å². The minimum atomic E-state index is 0.0631. The molecule has 16 heavy (non-hydrogen) atoms. The molecule has 0 aromatic heterocycles. The van der Waals surface area contributed by atoms with Crippen LogP contribution >= 0.6 is 15.9 Å². The van der Waals surface area contributed by atoms with E-state index in [0.717, 1.165) is 19.5 Å². The standard InChI is InChI=1S/C12H21BrN2O/c1-14(2)12(6-3-4-7-12)9-15-8-5-10(13)11(15)16/h10H,3-9H2,1-2H3. The van der Waals surface area contributed by atoms with Gasteiger partial charge in [0.05, 0.1) is 4.83 Å². The predicted molar refractivity (Wildman–Crippen MR) is 68.8 cm³/mol. The Bertz CT molecular complexity index is 274. The number of hydrogen-bond acceptors (Lipinski definition) is 2. The summed E-state index contributed by atoms with van der Waals surface area (Å²) in [7, 11) is 4.30. The zero-order valence-corrected chi connectivity index (χ0v) is 11.8. The van der Waals surface area contributed by atoms with Gasteiger partial charge in [0.15, 0.2) is 0 Å². The summed E-state index contributed by atoms with van der Waals surface area (Å²) in [6, 6.07) is 0. The molecule has 0 radical (unpaired) electrons. The summed E-state index contributed by atoms with van der Waals surface area (Å²) in [6.45, 7) is 1.84. The predicted octanol–water partition coefficient (Wildman–Crippen LogP) is 1.86. The number of alkyl halides is 1. The number of rotatable bonds is 3. The van der Waals surface area contributed by atoms with Crippen molar-refractivity contribution < 1.29 is 4.79 Å². The molecule has 1 atom stereocenters. The van der Waals surface area contributed by atoms with Crippen molar-refractivity contribution in [2.45, 2.75) is 42.5 Å². The van der Waals surface area contributed by atoms with Gasteiger partial charge in [0.25, 0.3) is 0 Å². The number of likely N-dealkylation sites (tertiary alicyclic amines) is 1. The summed E-state index contributed by atoms with van der Waals surface area (Å²) in [5.41, 5.74) is 0.243. The van der Waals surface area contributed by atoms with Crippen LogP contribution in [0.3, 0.4) is 0 Å². The Morgan fingerprint density at radius 1 is 1.44 bits per heavy atom. The van der Waals surface area contributed by atoms with E-state index in [1.807, 2.05) is 4.90 Å². The van der Waals surface area contributed by atoms with Crippen molar-refractivity contribution in [2.24, 2.45) is 0 Å². The topological polar surface area (TPSA) is 23.6 Å². The van der Waals surface area contributed by atoms with E-state index < -0.39 is 0 Å². The highest BCUT2D eigenvalue weighted by atomic mass is 79.9. The van der Waals surface area contributed by atoms with Gasteiger partial charge in [0.2, 0.25) is 5.91 Å². The summed E-state index contributed by atoms with van der Waals surface area (Å²) in [5.74, 6) is 0.285. The molecule has 2 fully saturated rings. The lowest BCUT2D eigenvalue weighted by Gasteiger charge is -2.39. The number of carbonyl (C=O) groups excluding carboxylic acids is 1. The third-order valence-electron chi connectivity index (χ3n) is 4.20. The lowest BCUT2D eigenvalue weighted by molar-refractivity contribution is -0.128. The zero-order valence-electron chi connectivity index (χ0n) is 10.2. The average Bonchev–Trinajstić information content (AvgIpc) is 2.82. The number of hydrogen-bond donors (Lipinski definition) is 0. The van der Waals surface area contributed by atoms with Gasteiger partial charge in [-0.15, -0.1) is 0 Å². The average molecular weight is 289 g/mol. The Morgan fingerprint density at radius 2 is 2.06 bits per heavy atom. The molecular weight excluding hydrogens is 268 g/mol. The summed E-state index contributed by atoms with van der Waals surface area (Å²) in [4.78, 5) is 16.4. The highest BCUT2D eigenvalue weighted by Gasteiger charge is 2.41. The summed E-state index contributed by atoms with van der Waals surface area (Å²) in [5, 5.41) is 0. The summed E-state index contributed by atoms with van der Waals surface area (Å²) >= 11 is 3.44. The van der Waals surface area contributed by atoms with E-state index in [2.05, 4.69) is 34.9 Å². The van der Waals surface area contributed by atoms with Crippen LogP contribution in [0.1, 0.15) is 32.1 Å². The molecule has 0 N–H and O–H groups in total. The van der Waals surface area contributed by atoms with E-state index in [0.29, 0.717) is 0 Å². The number of halogens is 1. The van der Waals surface area contributed by atoms with Gasteiger partial charge < -0.3 is 9.80 Å². The summed E-state index contributed by atoms with van der Waals surface area (Å²) < 4.78 is 0. The molecule has 0 spiro atoms. The van der Waals surface area contributed by atoms with Gasteiger partial charge in [-0.2, -0.15) is 0 Å². The lowest BCUT2D eigenvalue weighted by atomic mass is 9.95. The van der Waals surface area contributed by atoms with Crippen LogP contribution in [-0.4, -0.2) is 53.3 Å². The third kappa shape index (κ3) is 2.14.